The summed E-state index contributed by atoms with van der Waals surface area (Å²) < 4.78 is 11.4. The Hall–Kier alpha value is -1.57. The molecule has 0 amide bonds. The minimum absolute atomic E-state index is 0.0805. The second-order valence-electron chi connectivity index (χ2n) is 5.34. The number of morpholine rings is 1. The zero-order valence-corrected chi connectivity index (χ0v) is 11.6. The summed E-state index contributed by atoms with van der Waals surface area (Å²) in [4.78, 5) is 2.33. The van der Waals surface area contributed by atoms with Gasteiger partial charge >= 0.3 is 0 Å². The summed E-state index contributed by atoms with van der Waals surface area (Å²) in [6.45, 7) is 8.27. The van der Waals surface area contributed by atoms with Crippen LogP contribution in [0, 0.1) is 11.3 Å². The van der Waals surface area contributed by atoms with Gasteiger partial charge in [0.25, 0.3) is 0 Å². The van der Waals surface area contributed by atoms with E-state index < -0.39 is 0 Å². The molecule has 1 saturated heterocycles. The molecule has 1 heterocycles. The first kappa shape index (κ1) is 13.9. The Morgan fingerprint density at radius 2 is 2.21 bits per heavy atom. The van der Waals surface area contributed by atoms with Crippen molar-refractivity contribution in [1.82, 2.24) is 4.90 Å². The van der Waals surface area contributed by atoms with Crippen LogP contribution >= 0.6 is 0 Å². The second-order valence-corrected chi connectivity index (χ2v) is 5.34. The van der Waals surface area contributed by atoms with Gasteiger partial charge < -0.3 is 9.47 Å². The topological polar surface area (TPSA) is 45.5 Å². The molecule has 19 heavy (non-hydrogen) atoms. The van der Waals surface area contributed by atoms with Crippen LogP contribution in [0.25, 0.3) is 0 Å². The van der Waals surface area contributed by atoms with Gasteiger partial charge in [-0.2, -0.15) is 5.26 Å². The summed E-state index contributed by atoms with van der Waals surface area (Å²) >= 11 is 0. The summed E-state index contributed by atoms with van der Waals surface area (Å²) in [5, 5.41) is 8.98. The quantitative estimate of drug-likeness (QED) is 0.831. The molecule has 0 spiro atoms. The minimum atomic E-state index is -0.0805. The Morgan fingerprint density at radius 3 is 2.95 bits per heavy atom. The second kappa shape index (κ2) is 6.05. The number of hydrogen-bond donors (Lipinski definition) is 0. The average Bonchev–Trinajstić information content (AvgIpc) is 2.38. The fraction of sp³-hybridized carbons (Fsp3) is 0.533. The first-order valence-corrected chi connectivity index (χ1v) is 6.59. The van der Waals surface area contributed by atoms with Gasteiger partial charge in [-0.15, -0.1) is 0 Å². The number of nitrogens with zero attached hydrogens (tertiary/aromatic N) is 2. The van der Waals surface area contributed by atoms with E-state index in [2.05, 4.69) is 24.8 Å². The molecule has 0 bridgehead atoms. The Balaban J connectivity index is 1.82. The minimum Gasteiger partial charge on any atom is -0.491 e. The van der Waals surface area contributed by atoms with E-state index >= 15 is 0 Å². The molecule has 1 aliphatic heterocycles. The zero-order chi connectivity index (χ0) is 13.7. The first-order valence-electron chi connectivity index (χ1n) is 6.59. The Bertz CT molecular complexity index is 465. The highest BCUT2D eigenvalue weighted by molar-refractivity contribution is 5.42. The molecule has 2 rings (SSSR count). The lowest BCUT2D eigenvalue weighted by atomic mass is 10.1. The number of benzene rings is 1. The van der Waals surface area contributed by atoms with E-state index in [1.807, 2.05) is 18.2 Å². The molecule has 0 saturated carbocycles. The molecule has 1 fully saturated rings. The normalized spacial score (nSPS) is 18.8. The van der Waals surface area contributed by atoms with E-state index in [0.29, 0.717) is 17.9 Å². The van der Waals surface area contributed by atoms with Gasteiger partial charge in [0, 0.05) is 19.6 Å². The van der Waals surface area contributed by atoms with Crippen LogP contribution < -0.4 is 4.74 Å². The molecule has 0 atom stereocenters. The Kier molecular flexibility index (Phi) is 4.41. The van der Waals surface area contributed by atoms with Crippen molar-refractivity contribution >= 4 is 0 Å². The van der Waals surface area contributed by atoms with Gasteiger partial charge in [0.15, 0.2) is 0 Å². The summed E-state index contributed by atoms with van der Waals surface area (Å²) in [7, 11) is 0. The molecular formula is C15H20N2O2. The average molecular weight is 260 g/mol. The molecule has 1 aliphatic rings. The van der Waals surface area contributed by atoms with E-state index in [1.54, 1.807) is 6.07 Å². The maximum absolute atomic E-state index is 8.98. The smallest absolute Gasteiger partial charge is 0.137 e. The highest BCUT2D eigenvalue weighted by Crippen LogP contribution is 2.18. The van der Waals surface area contributed by atoms with Crippen molar-refractivity contribution in [2.45, 2.75) is 19.4 Å². The Morgan fingerprint density at radius 1 is 1.42 bits per heavy atom. The number of hydrogen-bond acceptors (Lipinski definition) is 4. The summed E-state index contributed by atoms with van der Waals surface area (Å²) in [5.74, 6) is 0.664. The van der Waals surface area contributed by atoms with Crippen molar-refractivity contribution in [2.75, 3.05) is 32.8 Å². The molecular weight excluding hydrogens is 240 g/mol. The number of ether oxygens (including phenoxy) is 2. The molecule has 0 aromatic heterocycles. The van der Waals surface area contributed by atoms with Crippen LogP contribution in [-0.2, 0) is 4.74 Å². The number of nitriles is 1. The standard InChI is InChI=1S/C15H20N2O2/c1-15(2)12-17(8-10-19-15)7-9-18-14-6-4-3-5-13(14)11-16/h3-6H,7-10,12H2,1-2H3. The molecule has 0 N–H and O–H groups in total. The van der Waals surface area contributed by atoms with Crippen molar-refractivity contribution in [3.05, 3.63) is 29.8 Å². The third kappa shape index (κ3) is 3.95. The van der Waals surface area contributed by atoms with Gasteiger partial charge in [-0.3, -0.25) is 4.90 Å². The van der Waals surface area contributed by atoms with E-state index in [4.69, 9.17) is 14.7 Å². The summed E-state index contributed by atoms with van der Waals surface area (Å²) in [6.07, 6.45) is 0. The van der Waals surface area contributed by atoms with Crippen molar-refractivity contribution < 1.29 is 9.47 Å². The molecule has 1 aromatic rings. The van der Waals surface area contributed by atoms with Crippen LogP contribution in [0.2, 0.25) is 0 Å². The zero-order valence-electron chi connectivity index (χ0n) is 11.6. The van der Waals surface area contributed by atoms with Crippen LogP contribution in [0.15, 0.2) is 24.3 Å². The fourth-order valence-corrected chi connectivity index (χ4v) is 2.27. The molecule has 1 aromatic carbocycles. The first-order chi connectivity index (χ1) is 9.11. The van der Waals surface area contributed by atoms with Crippen LogP contribution in [0.1, 0.15) is 19.4 Å². The highest BCUT2D eigenvalue weighted by Gasteiger charge is 2.26. The van der Waals surface area contributed by atoms with Crippen molar-refractivity contribution in [3.8, 4) is 11.8 Å². The lowest BCUT2D eigenvalue weighted by Crippen LogP contribution is -2.49. The van der Waals surface area contributed by atoms with E-state index in [9.17, 15) is 0 Å². The van der Waals surface area contributed by atoms with Crippen LogP contribution in [-0.4, -0.2) is 43.3 Å². The molecule has 0 aliphatic carbocycles. The van der Waals surface area contributed by atoms with E-state index in [-0.39, 0.29) is 5.60 Å². The highest BCUT2D eigenvalue weighted by atomic mass is 16.5. The molecule has 0 radical (unpaired) electrons. The third-order valence-electron chi connectivity index (χ3n) is 3.18. The van der Waals surface area contributed by atoms with Crippen molar-refractivity contribution in [3.63, 3.8) is 0 Å². The van der Waals surface area contributed by atoms with Gasteiger partial charge in [0.05, 0.1) is 17.8 Å². The maximum Gasteiger partial charge on any atom is 0.137 e. The van der Waals surface area contributed by atoms with Crippen molar-refractivity contribution in [2.24, 2.45) is 0 Å². The van der Waals surface area contributed by atoms with Crippen LogP contribution in [0.4, 0.5) is 0 Å². The van der Waals surface area contributed by atoms with Gasteiger partial charge in [0.1, 0.15) is 18.4 Å². The largest absolute Gasteiger partial charge is 0.491 e. The van der Waals surface area contributed by atoms with Crippen LogP contribution in [0.5, 0.6) is 5.75 Å². The predicted octanol–water partition coefficient (Wildman–Crippen LogP) is 2.05. The lowest BCUT2D eigenvalue weighted by Gasteiger charge is -2.38. The van der Waals surface area contributed by atoms with Crippen molar-refractivity contribution in [1.29, 1.82) is 5.26 Å². The van der Waals surface area contributed by atoms with E-state index in [1.165, 1.54) is 0 Å². The van der Waals surface area contributed by atoms with E-state index in [0.717, 1.165) is 26.2 Å². The molecule has 4 nitrogen and oxygen atoms in total. The SMILES string of the molecule is CC1(C)CN(CCOc2ccccc2C#N)CCO1. The van der Waals surface area contributed by atoms with Gasteiger partial charge in [-0.1, -0.05) is 12.1 Å². The molecule has 102 valence electrons. The predicted molar refractivity (Wildman–Crippen MR) is 73.1 cm³/mol. The maximum atomic E-state index is 8.98. The summed E-state index contributed by atoms with van der Waals surface area (Å²) in [6, 6.07) is 9.47. The monoisotopic (exact) mass is 260 g/mol. The third-order valence-corrected chi connectivity index (χ3v) is 3.18. The van der Waals surface area contributed by atoms with Crippen LogP contribution in [0.3, 0.4) is 0 Å². The molecule has 0 unspecified atom stereocenters. The Labute approximate surface area is 114 Å². The van der Waals surface area contributed by atoms with Gasteiger partial charge in [0.2, 0.25) is 0 Å². The fourth-order valence-electron chi connectivity index (χ4n) is 2.27. The van der Waals surface area contributed by atoms with Gasteiger partial charge in [-0.25, -0.2) is 0 Å². The van der Waals surface area contributed by atoms with Gasteiger partial charge in [-0.05, 0) is 26.0 Å². The summed E-state index contributed by atoms with van der Waals surface area (Å²) in [5.41, 5.74) is 0.507. The number of rotatable bonds is 4. The molecule has 4 heteroatoms. The lowest BCUT2D eigenvalue weighted by molar-refractivity contribution is -0.0875. The number of para-hydroxylation sites is 1.